The van der Waals surface area contributed by atoms with Crippen LogP contribution in [0.1, 0.15) is 20.7 Å². The van der Waals surface area contributed by atoms with Crippen LogP contribution in [0.25, 0.3) is 32.7 Å². The summed E-state index contributed by atoms with van der Waals surface area (Å²) in [5, 5.41) is 23.4. The molecule has 0 saturated carbocycles. The highest BCUT2D eigenvalue weighted by Crippen LogP contribution is 2.28. The predicted octanol–water partition coefficient (Wildman–Crippen LogP) is 5.31. The quantitative estimate of drug-likeness (QED) is 0.0602. The molecule has 44 heavy (non-hydrogen) atoms. The monoisotopic (exact) mass is 594 g/mol. The fourth-order valence-electron chi connectivity index (χ4n) is 4.36. The minimum atomic E-state index is -1.04. The number of benzene rings is 4. The zero-order chi connectivity index (χ0) is 31.1. The minimum Gasteiger partial charge on any atom is -0.423 e. The second-order valence-electron chi connectivity index (χ2n) is 9.30. The number of hydrogen-bond acceptors (Lipinski definition) is 12. The Bertz CT molecular complexity index is 2140. The van der Waals surface area contributed by atoms with E-state index in [9.17, 15) is 39.4 Å². The smallest absolute Gasteiger partial charge is 0.351 e. The molecule has 4 aromatic carbocycles. The SMILES string of the molecule is O=C(Oc1ccc([N+](=O)[O-])cc1)c1cc2cc3cc4cc(C(=O)Oc5ccc([N+](=O)[O-])cc5)c(=O)oc4cc3cc2oc1=O. The highest BCUT2D eigenvalue weighted by molar-refractivity contribution is 6.04. The van der Waals surface area contributed by atoms with Crippen LogP contribution >= 0.6 is 0 Å². The Morgan fingerprint density at radius 3 is 1.27 bits per heavy atom. The van der Waals surface area contributed by atoms with Crippen molar-refractivity contribution in [3.63, 3.8) is 0 Å². The Hall–Kier alpha value is -6.70. The molecule has 0 saturated heterocycles. The molecule has 0 fully saturated rings. The highest BCUT2D eigenvalue weighted by Gasteiger charge is 2.20. The summed E-state index contributed by atoms with van der Waals surface area (Å²) in [5.41, 5.74) is -2.96. The Morgan fingerprint density at radius 1 is 0.545 bits per heavy atom. The number of fused-ring (bicyclic) bond motifs is 3. The fraction of sp³-hybridized carbons (Fsp3) is 0. The van der Waals surface area contributed by atoms with Crippen molar-refractivity contribution in [1.29, 1.82) is 0 Å². The van der Waals surface area contributed by atoms with Crippen LogP contribution < -0.4 is 20.7 Å². The van der Waals surface area contributed by atoms with E-state index in [4.69, 9.17) is 18.3 Å². The maximum Gasteiger partial charge on any atom is 0.351 e. The fourth-order valence-corrected chi connectivity index (χ4v) is 4.36. The summed E-state index contributed by atoms with van der Waals surface area (Å²) < 4.78 is 21.0. The molecule has 0 N–H and O–H groups in total. The molecule has 0 unspecified atom stereocenters. The van der Waals surface area contributed by atoms with Crippen molar-refractivity contribution >= 4 is 56.0 Å². The maximum atomic E-state index is 12.7. The van der Waals surface area contributed by atoms with Crippen molar-refractivity contribution in [2.75, 3.05) is 0 Å². The number of carbonyl (C=O) groups excluding carboxylic acids is 2. The number of nitrogens with zero attached hydrogens (tertiary/aromatic N) is 2. The third-order valence-electron chi connectivity index (χ3n) is 6.50. The first-order valence-corrected chi connectivity index (χ1v) is 12.5. The molecule has 6 aromatic rings. The van der Waals surface area contributed by atoms with Gasteiger partial charge >= 0.3 is 23.2 Å². The molecule has 0 spiro atoms. The van der Waals surface area contributed by atoms with Crippen molar-refractivity contribution in [2.24, 2.45) is 0 Å². The minimum absolute atomic E-state index is 0.0190. The summed E-state index contributed by atoms with van der Waals surface area (Å²) in [6.45, 7) is 0. The first-order valence-electron chi connectivity index (χ1n) is 12.5. The second kappa shape index (κ2) is 10.6. The normalized spacial score (nSPS) is 11.0. The Balaban J connectivity index is 1.33. The third kappa shape index (κ3) is 5.21. The van der Waals surface area contributed by atoms with Crippen LogP contribution in [0.4, 0.5) is 11.4 Å². The molecule has 0 bridgehead atoms. The zero-order valence-electron chi connectivity index (χ0n) is 21.9. The van der Waals surface area contributed by atoms with Crippen LogP contribution in [-0.2, 0) is 0 Å². The van der Waals surface area contributed by atoms with Gasteiger partial charge in [-0.3, -0.25) is 20.2 Å². The van der Waals surface area contributed by atoms with Gasteiger partial charge < -0.3 is 18.3 Å². The number of hydrogen-bond donors (Lipinski definition) is 0. The van der Waals surface area contributed by atoms with E-state index in [1.165, 1.54) is 48.5 Å². The van der Waals surface area contributed by atoms with Crippen molar-refractivity contribution < 1.29 is 37.7 Å². The lowest BCUT2D eigenvalue weighted by molar-refractivity contribution is -0.385. The summed E-state index contributed by atoms with van der Waals surface area (Å²) in [5.74, 6) is -2.11. The molecular formula is C30H14N2O12. The maximum absolute atomic E-state index is 12.7. The first kappa shape index (κ1) is 27.5. The molecule has 14 nitrogen and oxygen atoms in total. The summed E-state index contributed by atoms with van der Waals surface area (Å²) in [6.07, 6.45) is 0. The van der Waals surface area contributed by atoms with Crippen LogP contribution in [0.5, 0.6) is 11.5 Å². The number of carbonyl (C=O) groups is 2. The van der Waals surface area contributed by atoms with Crippen LogP contribution in [-0.4, -0.2) is 21.8 Å². The average molecular weight is 594 g/mol. The number of nitro benzene ring substituents is 2. The molecular weight excluding hydrogens is 580 g/mol. The van der Waals surface area contributed by atoms with Gasteiger partial charge in [0.25, 0.3) is 11.4 Å². The predicted molar refractivity (Wildman–Crippen MR) is 152 cm³/mol. The number of rotatable bonds is 6. The molecule has 2 heterocycles. The Morgan fingerprint density at radius 2 is 0.909 bits per heavy atom. The van der Waals surface area contributed by atoms with Gasteiger partial charge in [0.2, 0.25) is 0 Å². The first-order chi connectivity index (χ1) is 21.0. The Kier molecular flexibility index (Phi) is 6.62. The Labute approximate surface area is 242 Å². The lowest BCUT2D eigenvalue weighted by Crippen LogP contribution is -2.18. The molecule has 216 valence electrons. The molecule has 2 aromatic heterocycles. The van der Waals surface area contributed by atoms with Gasteiger partial charge in [0, 0.05) is 35.0 Å². The number of non-ortho nitro benzene ring substituents is 2. The van der Waals surface area contributed by atoms with Gasteiger partial charge in [-0.2, -0.15) is 0 Å². The van der Waals surface area contributed by atoms with Gasteiger partial charge in [-0.25, -0.2) is 19.2 Å². The van der Waals surface area contributed by atoms with E-state index in [1.54, 1.807) is 12.1 Å². The van der Waals surface area contributed by atoms with Gasteiger partial charge in [-0.15, -0.1) is 0 Å². The van der Waals surface area contributed by atoms with E-state index in [1.807, 2.05) is 0 Å². The summed E-state index contributed by atoms with van der Waals surface area (Å²) >= 11 is 0. The van der Waals surface area contributed by atoms with Crippen LogP contribution in [0.3, 0.4) is 0 Å². The molecule has 6 rings (SSSR count). The van der Waals surface area contributed by atoms with E-state index in [2.05, 4.69) is 0 Å². The van der Waals surface area contributed by atoms with E-state index in [0.717, 1.165) is 24.3 Å². The number of esters is 2. The standard InChI is InChI=1S/C30H14N2O12/c33-27(41-21-5-1-19(2-6-21)31(37)38)23-11-17-9-15-10-18-12-24(28(34)42-22-7-3-20(4-8-22)32(39)40)30(36)44-26(18)14-16(15)13-25(17)43-29(23)35/h1-14H. The van der Waals surface area contributed by atoms with Crippen LogP contribution in [0.15, 0.2) is 103 Å². The van der Waals surface area contributed by atoms with Crippen molar-refractivity contribution in [1.82, 2.24) is 0 Å². The molecule has 0 aliphatic heterocycles. The van der Waals surface area contributed by atoms with E-state index < -0.39 is 44.2 Å². The number of nitro groups is 2. The topological polar surface area (TPSA) is 199 Å². The van der Waals surface area contributed by atoms with E-state index in [0.29, 0.717) is 21.5 Å². The van der Waals surface area contributed by atoms with Crippen molar-refractivity contribution in [3.05, 3.63) is 137 Å². The van der Waals surface area contributed by atoms with Gasteiger partial charge in [0.1, 0.15) is 33.8 Å². The van der Waals surface area contributed by atoms with Gasteiger partial charge in [0.05, 0.1) is 9.85 Å². The lowest BCUT2D eigenvalue weighted by atomic mass is 10.0. The third-order valence-corrected chi connectivity index (χ3v) is 6.50. The van der Waals surface area contributed by atoms with Crippen molar-refractivity contribution in [3.8, 4) is 11.5 Å². The lowest BCUT2D eigenvalue weighted by Gasteiger charge is -2.07. The molecule has 0 amide bonds. The zero-order valence-corrected chi connectivity index (χ0v) is 21.9. The summed E-state index contributed by atoms with van der Waals surface area (Å²) in [6, 6.07) is 18.2. The molecule has 0 radical (unpaired) electrons. The van der Waals surface area contributed by atoms with Gasteiger partial charge in [-0.1, -0.05) is 0 Å². The van der Waals surface area contributed by atoms with Crippen LogP contribution in [0, 0.1) is 20.2 Å². The second-order valence-corrected chi connectivity index (χ2v) is 9.30. The van der Waals surface area contributed by atoms with Gasteiger partial charge in [-0.05, 0) is 71.4 Å². The highest BCUT2D eigenvalue weighted by atomic mass is 16.6. The molecule has 14 heteroatoms. The molecule has 0 aliphatic rings. The largest absolute Gasteiger partial charge is 0.423 e. The average Bonchev–Trinajstić information content (AvgIpc) is 2.99. The molecule has 0 aliphatic carbocycles. The summed E-state index contributed by atoms with van der Waals surface area (Å²) in [7, 11) is 0. The van der Waals surface area contributed by atoms with Crippen LogP contribution in [0.2, 0.25) is 0 Å². The van der Waals surface area contributed by atoms with E-state index >= 15 is 0 Å². The number of ether oxygens (including phenoxy) is 2. The van der Waals surface area contributed by atoms with Crippen molar-refractivity contribution in [2.45, 2.75) is 0 Å². The van der Waals surface area contributed by atoms with E-state index in [-0.39, 0.29) is 34.0 Å². The van der Waals surface area contributed by atoms with Gasteiger partial charge in [0.15, 0.2) is 0 Å². The summed E-state index contributed by atoms with van der Waals surface area (Å²) in [4.78, 5) is 71.1. The molecule has 0 atom stereocenters.